The number of aromatic nitrogens is 2. The van der Waals surface area contributed by atoms with Crippen molar-refractivity contribution in [3.63, 3.8) is 0 Å². The van der Waals surface area contributed by atoms with Crippen molar-refractivity contribution in [3.05, 3.63) is 27.0 Å². The minimum Gasteiger partial charge on any atom is -0.393 e. The second-order valence-corrected chi connectivity index (χ2v) is 6.47. The van der Waals surface area contributed by atoms with Gasteiger partial charge in [-0.2, -0.15) is 0 Å². The van der Waals surface area contributed by atoms with Crippen molar-refractivity contribution in [3.8, 4) is 0 Å². The van der Waals surface area contributed by atoms with Gasteiger partial charge < -0.3 is 14.8 Å². The molecule has 1 rings (SSSR count). The van der Waals surface area contributed by atoms with E-state index >= 15 is 0 Å². The summed E-state index contributed by atoms with van der Waals surface area (Å²) in [5.74, 6) is 0. The van der Waals surface area contributed by atoms with Crippen LogP contribution in [-0.4, -0.2) is 46.5 Å². The van der Waals surface area contributed by atoms with Crippen LogP contribution in [0, 0.1) is 0 Å². The molecule has 114 valence electrons. The van der Waals surface area contributed by atoms with Crippen LogP contribution in [0.4, 0.5) is 0 Å². The van der Waals surface area contributed by atoms with Gasteiger partial charge in [-0.05, 0) is 6.92 Å². The van der Waals surface area contributed by atoms with Gasteiger partial charge in [-0.3, -0.25) is 9.36 Å². The quantitative estimate of drug-likeness (QED) is 0.535. The Labute approximate surface area is 115 Å². The summed E-state index contributed by atoms with van der Waals surface area (Å²) in [5, 5.41) is 18.4. The van der Waals surface area contributed by atoms with Gasteiger partial charge in [-0.1, -0.05) is 0 Å². The fourth-order valence-electron chi connectivity index (χ4n) is 1.34. The van der Waals surface area contributed by atoms with Crippen LogP contribution in [0.5, 0.6) is 0 Å². The van der Waals surface area contributed by atoms with Crippen LogP contribution in [0.15, 0.2) is 20.7 Å². The molecule has 1 aromatic heterocycles. The molecule has 1 atom stereocenters. The number of nitrogens with one attached hydrogen (secondary N) is 1. The fraction of sp³-hybridized carbons (Fsp3) is 0.600. The van der Waals surface area contributed by atoms with Crippen molar-refractivity contribution >= 4 is 10.0 Å². The third-order valence-electron chi connectivity index (χ3n) is 2.69. The van der Waals surface area contributed by atoms with Crippen molar-refractivity contribution in [1.29, 1.82) is 0 Å². The van der Waals surface area contributed by atoms with Crippen molar-refractivity contribution in [2.24, 2.45) is 14.1 Å². The topological polar surface area (TPSA) is 131 Å². The standard InChI is InChI=1S/C10H17N3O6S/c1-10(17,6-14)5-11-20(18,19)7-4-12(2)9(16)13(3)8(7)15/h4,11,14,17H,5-6H2,1-3H3. The zero-order valence-electron chi connectivity index (χ0n) is 11.3. The Morgan fingerprint density at radius 1 is 1.35 bits per heavy atom. The predicted octanol–water partition coefficient (Wildman–Crippen LogP) is -2.89. The minimum atomic E-state index is -4.21. The van der Waals surface area contributed by atoms with E-state index < -0.39 is 44.9 Å². The number of hydrogen-bond acceptors (Lipinski definition) is 6. The molecule has 9 nitrogen and oxygen atoms in total. The predicted molar refractivity (Wildman–Crippen MR) is 69.8 cm³/mol. The van der Waals surface area contributed by atoms with E-state index in [0.29, 0.717) is 4.57 Å². The van der Waals surface area contributed by atoms with E-state index in [1.54, 1.807) is 0 Å². The van der Waals surface area contributed by atoms with Gasteiger partial charge in [0.2, 0.25) is 10.0 Å². The Balaban J connectivity index is 3.25. The molecule has 20 heavy (non-hydrogen) atoms. The molecule has 1 aromatic rings. The van der Waals surface area contributed by atoms with Crippen LogP contribution in [0.3, 0.4) is 0 Å². The van der Waals surface area contributed by atoms with Crippen LogP contribution in [0.1, 0.15) is 6.92 Å². The highest BCUT2D eigenvalue weighted by Gasteiger charge is 2.26. The highest BCUT2D eigenvalue weighted by atomic mass is 32.2. The summed E-state index contributed by atoms with van der Waals surface area (Å²) < 4.78 is 27.6. The maximum Gasteiger partial charge on any atom is 0.330 e. The number of aliphatic hydroxyl groups excluding tert-OH is 1. The Morgan fingerprint density at radius 3 is 2.40 bits per heavy atom. The number of sulfonamides is 1. The summed E-state index contributed by atoms with van der Waals surface area (Å²) in [7, 11) is -1.74. The third kappa shape index (κ3) is 3.33. The molecule has 0 aromatic carbocycles. The molecule has 0 aliphatic rings. The van der Waals surface area contributed by atoms with Gasteiger partial charge in [0, 0.05) is 26.8 Å². The molecule has 1 unspecified atom stereocenters. The maximum absolute atomic E-state index is 12.0. The van der Waals surface area contributed by atoms with E-state index in [2.05, 4.69) is 0 Å². The lowest BCUT2D eigenvalue weighted by molar-refractivity contribution is 0.00680. The summed E-state index contributed by atoms with van der Waals surface area (Å²) in [6, 6.07) is 0. The molecule has 0 aliphatic carbocycles. The van der Waals surface area contributed by atoms with Gasteiger partial charge >= 0.3 is 5.69 Å². The van der Waals surface area contributed by atoms with Crippen LogP contribution >= 0.6 is 0 Å². The average Bonchev–Trinajstić information content (AvgIpc) is 2.38. The molecule has 0 spiro atoms. The number of aryl methyl sites for hydroxylation is 1. The molecule has 10 heteroatoms. The summed E-state index contributed by atoms with van der Waals surface area (Å²) >= 11 is 0. The number of hydrogen-bond donors (Lipinski definition) is 3. The molecular weight excluding hydrogens is 290 g/mol. The first-order chi connectivity index (χ1) is 9.02. The SMILES string of the molecule is Cn1cc(S(=O)(=O)NCC(C)(O)CO)c(=O)n(C)c1=O. The van der Waals surface area contributed by atoms with Gasteiger partial charge in [0.25, 0.3) is 5.56 Å². The maximum atomic E-state index is 12.0. The Kier molecular flexibility index (Phi) is 4.54. The lowest BCUT2D eigenvalue weighted by atomic mass is 10.1. The first-order valence-electron chi connectivity index (χ1n) is 5.61. The zero-order chi connectivity index (χ0) is 15.7. The fourth-order valence-corrected chi connectivity index (χ4v) is 2.66. The number of aliphatic hydroxyl groups is 2. The Bertz CT molecular complexity index is 715. The van der Waals surface area contributed by atoms with Gasteiger partial charge in [-0.25, -0.2) is 17.9 Å². The van der Waals surface area contributed by atoms with E-state index in [9.17, 15) is 23.1 Å². The molecule has 0 aliphatic heterocycles. The molecule has 0 saturated heterocycles. The average molecular weight is 307 g/mol. The molecule has 0 fully saturated rings. The number of rotatable bonds is 5. The van der Waals surface area contributed by atoms with Crippen molar-refractivity contribution in [1.82, 2.24) is 13.9 Å². The Morgan fingerprint density at radius 2 is 1.90 bits per heavy atom. The van der Waals surface area contributed by atoms with E-state index in [4.69, 9.17) is 5.11 Å². The van der Waals surface area contributed by atoms with Crippen LogP contribution in [0.25, 0.3) is 0 Å². The lowest BCUT2D eigenvalue weighted by Crippen LogP contribution is -2.46. The van der Waals surface area contributed by atoms with Gasteiger partial charge in [0.15, 0.2) is 4.90 Å². The van der Waals surface area contributed by atoms with Crippen LogP contribution in [-0.2, 0) is 24.1 Å². The van der Waals surface area contributed by atoms with Crippen molar-refractivity contribution in [2.75, 3.05) is 13.2 Å². The minimum absolute atomic E-state index is 0.474. The second kappa shape index (κ2) is 5.48. The molecule has 0 saturated carbocycles. The molecule has 0 bridgehead atoms. The van der Waals surface area contributed by atoms with Crippen LogP contribution < -0.4 is 16.0 Å². The summed E-state index contributed by atoms with van der Waals surface area (Å²) in [6.07, 6.45) is 0.903. The first-order valence-corrected chi connectivity index (χ1v) is 7.10. The van der Waals surface area contributed by atoms with Crippen molar-refractivity contribution < 1.29 is 18.6 Å². The molecule has 3 N–H and O–H groups in total. The lowest BCUT2D eigenvalue weighted by Gasteiger charge is -2.20. The van der Waals surface area contributed by atoms with Gasteiger partial charge in [0.1, 0.15) is 0 Å². The van der Waals surface area contributed by atoms with E-state index in [0.717, 1.165) is 17.8 Å². The highest BCUT2D eigenvalue weighted by Crippen LogP contribution is 2.04. The number of nitrogens with zero attached hydrogens (tertiary/aromatic N) is 2. The first kappa shape index (κ1) is 16.6. The van der Waals surface area contributed by atoms with Gasteiger partial charge in [-0.15, -0.1) is 0 Å². The normalized spacial score (nSPS) is 15.1. The summed E-state index contributed by atoms with van der Waals surface area (Å²) in [4.78, 5) is 22.7. The Hall–Kier alpha value is -1.49. The summed E-state index contributed by atoms with van der Waals surface area (Å²) in [5.41, 5.74) is -3.28. The van der Waals surface area contributed by atoms with E-state index in [1.807, 2.05) is 4.72 Å². The molecular formula is C10H17N3O6S. The monoisotopic (exact) mass is 307 g/mol. The molecule has 0 radical (unpaired) electrons. The summed E-state index contributed by atoms with van der Waals surface area (Å²) in [6.45, 7) is 0.104. The van der Waals surface area contributed by atoms with E-state index in [1.165, 1.54) is 14.0 Å². The van der Waals surface area contributed by atoms with Gasteiger partial charge in [0.05, 0.1) is 12.2 Å². The second-order valence-electron chi connectivity index (χ2n) is 4.73. The molecule has 1 heterocycles. The zero-order valence-corrected chi connectivity index (χ0v) is 12.1. The highest BCUT2D eigenvalue weighted by molar-refractivity contribution is 7.89. The van der Waals surface area contributed by atoms with Crippen molar-refractivity contribution in [2.45, 2.75) is 17.4 Å². The third-order valence-corrected chi connectivity index (χ3v) is 4.07. The smallest absolute Gasteiger partial charge is 0.330 e. The largest absolute Gasteiger partial charge is 0.393 e. The van der Waals surface area contributed by atoms with Crippen LogP contribution in [0.2, 0.25) is 0 Å². The van der Waals surface area contributed by atoms with E-state index in [-0.39, 0.29) is 0 Å². The molecule has 0 amide bonds.